The number of aryl methyl sites for hydroxylation is 1. The first-order chi connectivity index (χ1) is 9.11. The standard InChI is InChI=1S/C15H16Cl2N2/c1-2-10-6-7-11(19-9-10)8-14(18)15-12(16)4-3-5-13(15)17/h3-7,9,14H,2,8,18H2,1H3. The largest absolute Gasteiger partial charge is 0.324 e. The van der Waals surface area contributed by atoms with E-state index < -0.39 is 0 Å². The Hall–Kier alpha value is -1.09. The average molecular weight is 295 g/mol. The van der Waals surface area contributed by atoms with Crippen LogP contribution in [-0.2, 0) is 12.8 Å². The van der Waals surface area contributed by atoms with Crippen LogP contribution in [0.25, 0.3) is 0 Å². The van der Waals surface area contributed by atoms with Gasteiger partial charge in [0.15, 0.2) is 0 Å². The number of benzene rings is 1. The van der Waals surface area contributed by atoms with Gasteiger partial charge >= 0.3 is 0 Å². The Balaban J connectivity index is 2.18. The molecule has 1 aromatic carbocycles. The van der Waals surface area contributed by atoms with Gasteiger partial charge in [-0.15, -0.1) is 0 Å². The predicted molar refractivity (Wildman–Crippen MR) is 80.7 cm³/mol. The molecule has 1 atom stereocenters. The van der Waals surface area contributed by atoms with Gasteiger partial charge in [0.25, 0.3) is 0 Å². The molecule has 2 rings (SSSR count). The molecule has 2 aromatic rings. The molecule has 2 nitrogen and oxygen atoms in total. The number of aromatic nitrogens is 1. The van der Waals surface area contributed by atoms with E-state index >= 15 is 0 Å². The Morgan fingerprint density at radius 1 is 1.16 bits per heavy atom. The summed E-state index contributed by atoms with van der Waals surface area (Å²) in [4.78, 5) is 4.41. The SMILES string of the molecule is CCc1ccc(CC(N)c2c(Cl)cccc2Cl)nc1. The van der Waals surface area contributed by atoms with Gasteiger partial charge in [-0.05, 0) is 30.2 Å². The van der Waals surface area contributed by atoms with Gasteiger partial charge in [-0.2, -0.15) is 0 Å². The summed E-state index contributed by atoms with van der Waals surface area (Å²) in [6.07, 6.45) is 3.49. The molecule has 0 radical (unpaired) electrons. The normalized spacial score (nSPS) is 12.4. The highest BCUT2D eigenvalue weighted by atomic mass is 35.5. The number of hydrogen-bond donors (Lipinski definition) is 1. The Morgan fingerprint density at radius 3 is 2.37 bits per heavy atom. The van der Waals surface area contributed by atoms with Crippen molar-refractivity contribution in [1.29, 1.82) is 0 Å². The zero-order valence-corrected chi connectivity index (χ0v) is 12.2. The maximum absolute atomic E-state index is 6.19. The van der Waals surface area contributed by atoms with Gasteiger partial charge in [-0.1, -0.05) is 42.3 Å². The average Bonchev–Trinajstić information content (AvgIpc) is 2.39. The summed E-state index contributed by atoms with van der Waals surface area (Å²) < 4.78 is 0. The van der Waals surface area contributed by atoms with Gasteiger partial charge in [-0.25, -0.2) is 0 Å². The third-order valence-corrected chi connectivity index (χ3v) is 3.75. The van der Waals surface area contributed by atoms with Crippen molar-refractivity contribution in [2.75, 3.05) is 0 Å². The van der Waals surface area contributed by atoms with E-state index in [1.807, 2.05) is 18.3 Å². The second-order valence-electron chi connectivity index (χ2n) is 4.46. The van der Waals surface area contributed by atoms with Crippen molar-refractivity contribution >= 4 is 23.2 Å². The van der Waals surface area contributed by atoms with Crippen molar-refractivity contribution in [2.45, 2.75) is 25.8 Å². The maximum atomic E-state index is 6.19. The minimum absolute atomic E-state index is 0.249. The zero-order valence-electron chi connectivity index (χ0n) is 10.7. The zero-order chi connectivity index (χ0) is 13.8. The first kappa shape index (κ1) is 14.3. The molecule has 0 amide bonds. The molecule has 0 aliphatic carbocycles. The number of nitrogens with two attached hydrogens (primary N) is 1. The molecular formula is C15H16Cl2N2. The summed E-state index contributed by atoms with van der Waals surface area (Å²) in [6, 6.07) is 9.25. The molecule has 0 saturated heterocycles. The lowest BCUT2D eigenvalue weighted by Crippen LogP contribution is -2.15. The highest BCUT2D eigenvalue weighted by Gasteiger charge is 2.15. The summed E-state index contributed by atoms with van der Waals surface area (Å²) in [5.74, 6) is 0. The highest BCUT2D eigenvalue weighted by Crippen LogP contribution is 2.30. The fourth-order valence-corrected chi connectivity index (χ4v) is 2.66. The molecule has 1 heterocycles. The molecule has 0 aliphatic rings. The first-order valence-corrected chi connectivity index (χ1v) is 7.00. The third kappa shape index (κ3) is 3.47. The summed E-state index contributed by atoms with van der Waals surface area (Å²) in [6.45, 7) is 2.10. The minimum Gasteiger partial charge on any atom is -0.324 e. The summed E-state index contributed by atoms with van der Waals surface area (Å²) in [7, 11) is 0. The van der Waals surface area contributed by atoms with Crippen LogP contribution in [0.5, 0.6) is 0 Å². The summed E-state index contributed by atoms with van der Waals surface area (Å²) >= 11 is 12.3. The van der Waals surface area contributed by atoms with Gasteiger partial charge in [0, 0.05) is 40.0 Å². The van der Waals surface area contributed by atoms with E-state index in [1.54, 1.807) is 12.1 Å². The van der Waals surface area contributed by atoms with Crippen LogP contribution in [0.4, 0.5) is 0 Å². The van der Waals surface area contributed by atoms with Crippen LogP contribution >= 0.6 is 23.2 Å². The molecule has 100 valence electrons. The quantitative estimate of drug-likeness (QED) is 0.918. The van der Waals surface area contributed by atoms with Gasteiger partial charge in [0.1, 0.15) is 0 Å². The molecule has 2 N–H and O–H groups in total. The van der Waals surface area contributed by atoms with Crippen LogP contribution in [0.1, 0.15) is 29.8 Å². The number of hydrogen-bond acceptors (Lipinski definition) is 2. The molecule has 19 heavy (non-hydrogen) atoms. The first-order valence-electron chi connectivity index (χ1n) is 6.25. The molecule has 1 unspecified atom stereocenters. The van der Waals surface area contributed by atoms with Crippen LogP contribution in [-0.4, -0.2) is 4.98 Å². The van der Waals surface area contributed by atoms with Crippen molar-refractivity contribution in [2.24, 2.45) is 5.73 Å². The van der Waals surface area contributed by atoms with Crippen LogP contribution in [0.15, 0.2) is 36.5 Å². The topological polar surface area (TPSA) is 38.9 Å². The van der Waals surface area contributed by atoms with Crippen molar-refractivity contribution in [3.8, 4) is 0 Å². The van der Waals surface area contributed by atoms with Gasteiger partial charge in [0.05, 0.1) is 0 Å². The Morgan fingerprint density at radius 2 is 1.84 bits per heavy atom. The van der Waals surface area contributed by atoms with Gasteiger partial charge in [-0.3, -0.25) is 4.98 Å². The minimum atomic E-state index is -0.249. The van der Waals surface area contributed by atoms with Crippen LogP contribution in [0, 0.1) is 0 Å². The van der Waals surface area contributed by atoms with E-state index in [1.165, 1.54) is 5.56 Å². The lowest BCUT2D eigenvalue weighted by molar-refractivity contribution is 0.706. The predicted octanol–water partition coefficient (Wildman–Crippen LogP) is 4.19. The van der Waals surface area contributed by atoms with Crippen molar-refractivity contribution in [3.05, 3.63) is 63.4 Å². The molecule has 0 aliphatic heterocycles. The highest BCUT2D eigenvalue weighted by molar-refractivity contribution is 6.36. The Kier molecular flexibility index (Phi) is 4.81. The number of halogens is 2. The lowest BCUT2D eigenvalue weighted by atomic mass is 10.0. The monoisotopic (exact) mass is 294 g/mol. The lowest BCUT2D eigenvalue weighted by Gasteiger charge is -2.15. The summed E-state index contributed by atoms with van der Waals surface area (Å²) in [5, 5.41) is 1.20. The molecule has 4 heteroatoms. The molecule has 0 fully saturated rings. The molecule has 0 saturated carbocycles. The molecule has 1 aromatic heterocycles. The number of nitrogens with zero attached hydrogens (tertiary/aromatic N) is 1. The van der Waals surface area contributed by atoms with Gasteiger partial charge in [0.2, 0.25) is 0 Å². The Bertz CT molecular complexity index is 532. The summed E-state index contributed by atoms with van der Waals surface area (Å²) in [5.41, 5.74) is 9.14. The smallest absolute Gasteiger partial charge is 0.0468 e. The van der Waals surface area contributed by atoms with Crippen molar-refractivity contribution < 1.29 is 0 Å². The van der Waals surface area contributed by atoms with E-state index in [2.05, 4.69) is 18.0 Å². The van der Waals surface area contributed by atoms with Crippen molar-refractivity contribution in [1.82, 2.24) is 4.98 Å². The fourth-order valence-electron chi connectivity index (χ4n) is 1.98. The molecule has 0 spiro atoms. The third-order valence-electron chi connectivity index (χ3n) is 3.09. The van der Waals surface area contributed by atoms with Gasteiger partial charge < -0.3 is 5.73 Å². The number of rotatable bonds is 4. The second-order valence-corrected chi connectivity index (χ2v) is 5.27. The fraction of sp³-hybridized carbons (Fsp3) is 0.267. The second kappa shape index (κ2) is 6.38. The van der Waals surface area contributed by atoms with E-state index in [4.69, 9.17) is 28.9 Å². The van der Waals surface area contributed by atoms with Crippen molar-refractivity contribution in [3.63, 3.8) is 0 Å². The van der Waals surface area contributed by atoms with E-state index in [-0.39, 0.29) is 6.04 Å². The van der Waals surface area contributed by atoms with Crippen LogP contribution in [0.2, 0.25) is 10.0 Å². The number of pyridine rings is 1. The van der Waals surface area contributed by atoms with Crippen LogP contribution in [0.3, 0.4) is 0 Å². The molecular weight excluding hydrogens is 279 g/mol. The molecule has 0 bridgehead atoms. The maximum Gasteiger partial charge on any atom is 0.0468 e. The van der Waals surface area contributed by atoms with Crippen LogP contribution < -0.4 is 5.73 Å². The van der Waals surface area contributed by atoms with E-state index in [0.29, 0.717) is 16.5 Å². The Labute approximate surface area is 123 Å². The van der Waals surface area contributed by atoms with E-state index in [9.17, 15) is 0 Å². The van der Waals surface area contributed by atoms with E-state index in [0.717, 1.165) is 17.7 Å².